The van der Waals surface area contributed by atoms with Crippen molar-refractivity contribution in [3.05, 3.63) is 65.4 Å². The highest BCUT2D eigenvalue weighted by atomic mass is 16.6. The van der Waals surface area contributed by atoms with Gasteiger partial charge in [0.15, 0.2) is 0 Å². The number of phenols is 1. The highest BCUT2D eigenvalue weighted by molar-refractivity contribution is 5.85. The van der Waals surface area contributed by atoms with E-state index in [9.17, 15) is 10.3 Å². The number of rotatable bonds is 3. The standard InChI is InChI=1S/C15H11N3O3/c19-13-9-5-4-8-12(13)10-16-15-14(18(20)17-21-15)11-6-2-1-3-7-11/h1-10,19H/b16-10+. The van der Waals surface area contributed by atoms with E-state index in [0.29, 0.717) is 16.0 Å². The molecule has 2 aromatic carbocycles. The molecule has 0 fully saturated rings. The van der Waals surface area contributed by atoms with Gasteiger partial charge in [0.1, 0.15) is 5.75 Å². The van der Waals surface area contributed by atoms with E-state index in [4.69, 9.17) is 4.52 Å². The van der Waals surface area contributed by atoms with Crippen LogP contribution in [-0.2, 0) is 0 Å². The fraction of sp³-hybridized carbons (Fsp3) is 0. The second-order valence-electron chi connectivity index (χ2n) is 4.28. The van der Waals surface area contributed by atoms with Gasteiger partial charge in [-0.2, -0.15) is 0 Å². The van der Waals surface area contributed by atoms with E-state index in [-0.39, 0.29) is 17.3 Å². The summed E-state index contributed by atoms with van der Waals surface area (Å²) >= 11 is 0. The molecule has 3 aromatic rings. The number of nitrogens with zero attached hydrogens (tertiary/aromatic N) is 3. The van der Waals surface area contributed by atoms with E-state index in [2.05, 4.69) is 10.3 Å². The summed E-state index contributed by atoms with van der Waals surface area (Å²) in [7, 11) is 0. The predicted octanol–water partition coefficient (Wildman–Crippen LogP) is 2.43. The molecule has 0 atom stereocenters. The van der Waals surface area contributed by atoms with Crippen LogP contribution in [0.2, 0.25) is 0 Å². The molecule has 0 unspecified atom stereocenters. The molecule has 0 bridgehead atoms. The van der Waals surface area contributed by atoms with Gasteiger partial charge in [-0.15, -0.1) is 0 Å². The smallest absolute Gasteiger partial charge is 0.331 e. The van der Waals surface area contributed by atoms with Crippen LogP contribution in [0.5, 0.6) is 5.75 Å². The Balaban J connectivity index is 2.00. The van der Waals surface area contributed by atoms with Crippen LogP contribution in [0.1, 0.15) is 5.56 Å². The highest BCUT2D eigenvalue weighted by Gasteiger charge is 2.22. The van der Waals surface area contributed by atoms with E-state index in [0.717, 1.165) is 0 Å². The maximum atomic E-state index is 11.7. The van der Waals surface area contributed by atoms with E-state index in [1.165, 1.54) is 6.21 Å². The van der Waals surface area contributed by atoms with Crippen LogP contribution in [0.4, 0.5) is 5.88 Å². The van der Waals surface area contributed by atoms with E-state index in [1.807, 2.05) is 6.07 Å². The van der Waals surface area contributed by atoms with Crippen molar-refractivity contribution in [1.82, 2.24) is 5.27 Å². The van der Waals surface area contributed by atoms with E-state index < -0.39 is 0 Å². The zero-order valence-electron chi connectivity index (χ0n) is 10.9. The number of aliphatic imine (C=N–C) groups is 1. The van der Waals surface area contributed by atoms with Gasteiger partial charge in [-0.3, -0.25) is 4.52 Å². The number of aromatic nitrogens is 2. The van der Waals surface area contributed by atoms with Crippen molar-refractivity contribution in [2.75, 3.05) is 0 Å². The number of para-hydroxylation sites is 1. The van der Waals surface area contributed by atoms with Crippen molar-refractivity contribution in [2.24, 2.45) is 4.99 Å². The lowest BCUT2D eigenvalue weighted by Gasteiger charge is -1.96. The first-order valence-corrected chi connectivity index (χ1v) is 6.23. The Hall–Kier alpha value is -3.15. The average Bonchev–Trinajstić information content (AvgIpc) is 2.88. The van der Waals surface area contributed by atoms with Crippen LogP contribution in [0.3, 0.4) is 0 Å². The first kappa shape index (κ1) is 12.9. The summed E-state index contributed by atoms with van der Waals surface area (Å²) in [5.74, 6) is 0.177. The summed E-state index contributed by atoms with van der Waals surface area (Å²) in [4.78, 5) is 4.48. The molecule has 0 saturated carbocycles. The molecular weight excluding hydrogens is 270 g/mol. The molecule has 0 spiro atoms. The molecule has 21 heavy (non-hydrogen) atoms. The van der Waals surface area contributed by atoms with Crippen molar-refractivity contribution in [1.29, 1.82) is 0 Å². The largest absolute Gasteiger partial charge is 0.591 e. The first-order valence-electron chi connectivity index (χ1n) is 6.23. The number of hydrogen-bond acceptors (Lipinski definition) is 5. The molecule has 1 aromatic heterocycles. The third kappa shape index (κ3) is 2.59. The van der Waals surface area contributed by atoms with Gasteiger partial charge in [0.2, 0.25) is 5.27 Å². The van der Waals surface area contributed by atoms with Gasteiger partial charge >= 0.3 is 11.6 Å². The summed E-state index contributed by atoms with van der Waals surface area (Å²) < 4.78 is 4.93. The molecule has 0 amide bonds. The van der Waals surface area contributed by atoms with Crippen LogP contribution in [0, 0.1) is 5.21 Å². The SMILES string of the molecule is [O-][n+]1noc(/N=C/c2ccccc2O)c1-c1ccccc1. The number of benzene rings is 2. The van der Waals surface area contributed by atoms with Gasteiger partial charge in [0.25, 0.3) is 0 Å². The fourth-order valence-electron chi connectivity index (χ4n) is 1.88. The number of aromatic hydroxyl groups is 1. The Morgan fingerprint density at radius 3 is 2.57 bits per heavy atom. The summed E-state index contributed by atoms with van der Waals surface area (Å²) in [6, 6.07) is 15.7. The zero-order chi connectivity index (χ0) is 14.7. The lowest BCUT2D eigenvalue weighted by atomic mass is 10.1. The molecule has 0 radical (unpaired) electrons. The number of phenolic OH excluding ortho intramolecular Hbond substituents is 1. The summed E-state index contributed by atoms with van der Waals surface area (Å²) in [5.41, 5.74) is 1.39. The van der Waals surface area contributed by atoms with Crippen LogP contribution in [0.15, 0.2) is 64.1 Å². The van der Waals surface area contributed by atoms with Gasteiger partial charge in [0, 0.05) is 11.8 Å². The topological polar surface area (TPSA) is 85.6 Å². The average molecular weight is 281 g/mol. The minimum atomic E-state index is 0.0828. The van der Waals surface area contributed by atoms with E-state index >= 15 is 0 Å². The Kier molecular flexibility index (Phi) is 3.34. The Morgan fingerprint density at radius 1 is 1.10 bits per heavy atom. The molecule has 6 nitrogen and oxygen atoms in total. The second-order valence-corrected chi connectivity index (χ2v) is 4.28. The minimum Gasteiger partial charge on any atom is -0.591 e. The molecule has 1 N–H and O–H groups in total. The van der Waals surface area contributed by atoms with Crippen molar-refractivity contribution >= 4 is 12.1 Å². The minimum absolute atomic E-state index is 0.0828. The third-order valence-electron chi connectivity index (χ3n) is 2.90. The third-order valence-corrected chi connectivity index (χ3v) is 2.90. The van der Waals surface area contributed by atoms with Gasteiger partial charge in [-0.05, 0) is 29.1 Å². The quantitative estimate of drug-likeness (QED) is 0.454. The molecular formula is C15H11N3O3. The summed E-state index contributed by atoms with van der Waals surface area (Å²) in [5, 5.41) is 24.7. The molecule has 0 aliphatic carbocycles. The van der Waals surface area contributed by atoms with Crippen LogP contribution in [-0.4, -0.2) is 16.6 Å². The molecule has 104 valence electrons. The van der Waals surface area contributed by atoms with Crippen LogP contribution >= 0.6 is 0 Å². The molecule has 0 saturated heterocycles. The lowest BCUT2D eigenvalue weighted by Crippen LogP contribution is -2.29. The predicted molar refractivity (Wildman–Crippen MR) is 76.3 cm³/mol. The fourth-order valence-corrected chi connectivity index (χ4v) is 1.88. The Labute approximate surface area is 120 Å². The zero-order valence-corrected chi connectivity index (χ0v) is 10.9. The molecule has 0 aliphatic rings. The summed E-state index contributed by atoms with van der Waals surface area (Å²) in [6.07, 6.45) is 1.42. The van der Waals surface area contributed by atoms with Crippen LogP contribution in [0.25, 0.3) is 11.3 Å². The Morgan fingerprint density at radius 2 is 1.81 bits per heavy atom. The molecule has 1 heterocycles. The van der Waals surface area contributed by atoms with Crippen molar-refractivity contribution in [3.8, 4) is 17.0 Å². The van der Waals surface area contributed by atoms with Crippen LogP contribution < -0.4 is 4.85 Å². The van der Waals surface area contributed by atoms with Gasteiger partial charge in [0.05, 0.1) is 5.56 Å². The molecule has 6 heteroatoms. The van der Waals surface area contributed by atoms with Gasteiger partial charge in [-0.25, -0.2) is 4.99 Å². The van der Waals surface area contributed by atoms with Crippen molar-refractivity contribution in [2.45, 2.75) is 0 Å². The normalized spacial score (nSPS) is 11.0. The Bertz CT molecular complexity index is 782. The number of hydrogen-bond donors (Lipinski definition) is 1. The maximum Gasteiger partial charge on any atom is 0.331 e. The lowest BCUT2D eigenvalue weighted by molar-refractivity contribution is -0.669. The first-order chi connectivity index (χ1) is 10.3. The highest BCUT2D eigenvalue weighted by Crippen LogP contribution is 2.26. The van der Waals surface area contributed by atoms with E-state index in [1.54, 1.807) is 48.5 Å². The molecule has 3 rings (SSSR count). The molecule has 0 aliphatic heterocycles. The van der Waals surface area contributed by atoms with Gasteiger partial charge in [-0.1, -0.05) is 30.3 Å². The van der Waals surface area contributed by atoms with Gasteiger partial charge < -0.3 is 10.3 Å². The maximum absolute atomic E-state index is 11.7. The monoisotopic (exact) mass is 281 g/mol. The summed E-state index contributed by atoms with van der Waals surface area (Å²) in [6.45, 7) is 0. The van der Waals surface area contributed by atoms with Crippen molar-refractivity contribution in [3.63, 3.8) is 0 Å². The second kappa shape index (κ2) is 5.46. The van der Waals surface area contributed by atoms with Crippen molar-refractivity contribution < 1.29 is 14.5 Å².